The number of nitrogen functional groups attached to an aromatic ring is 1. The molecule has 21 heavy (non-hydrogen) atoms. The Kier molecular flexibility index (Phi) is 3.82. The molecule has 0 saturated heterocycles. The lowest BCUT2D eigenvalue weighted by Gasteiger charge is -2.04. The Hall–Kier alpha value is -1.66. The smallest absolute Gasteiger partial charge is 0.260 e. The fourth-order valence-electron chi connectivity index (χ4n) is 2.00. The number of aromatic nitrogens is 2. The molecule has 0 bridgehead atoms. The maximum atomic E-state index is 6.06. The average molecular weight is 409 g/mol. The fraction of sp³-hybridized carbons (Fsp3) is 0.0667. The number of benzene rings is 2. The van der Waals surface area contributed by atoms with Crippen LogP contribution in [0.15, 0.2) is 49.9 Å². The molecule has 0 aliphatic heterocycles. The van der Waals surface area contributed by atoms with E-state index in [2.05, 4.69) is 42.0 Å². The average Bonchev–Trinajstić information content (AvgIpc) is 2.92. The lowest BCUT2D eigenvalue weighted by molar-refractivity contribution is 0.432. The Balaban J connectivity index is 2.07. The summed E-state index contributed by atoms with van der Waals surface area (Å²) in [5.41, 5.74) is 9.38. The van der Waals surface area contributed by atoms with Crippen molar-refractivity contribution in [2.24, 2.45) is 0 Å². The van der Waals surface area contributed by atoms with E-state index in [9.17, 15) is 0 Å². The molecule has 1 aromatic heterocycles. The van der Waals surface area contributed by atoms with Gasteiger partial charge in [0.05, 0.1) is 11.3 Å². The van der Waals surface area contributed by atoms with E-state index in [-0.39, 0.29) is 0 Å². The van der Waals surface area contributed by atoms with Gasteiger partial charge < -0.3 is 10.3 Å². The van der Waals surface area contributed by atoms with Gasteiger partial charge in [0.2, 0.25) is 5.82 Å². The number of rotatable bonds is 2. The van der Waals surface area contributed by atoms with Crippen LogP contribution in [0.4, 0.5) is 5.69 Å². The molecule has 4 nitrogen and oxygen atoms in total. The van der Waals surface area contributed by atoms with Crippen molar-refractivity contribution in [1.82, 2.24) is 10.1 Å². The topological polar surface area (TPSA) is 64.9 Å². The Morgan fingerprint density at radius 2 is 1.95 bits per heavy atom. The third-order valence-electron chi connectivity index (χ3n) is 3.03. The molecule has 0 amide bonds. The Morgan fingerprint density at radius 3 is 2.71 bits per heavy atom. The van der Waals surface area contributed by atoms with Gasteiger partial charge in [-0.2, -0.15) is 4.98 Å². The summed E-state index contributed by atoms with van der Waals surface area (Å²) in [6.07, 6.45) is 0. The van der Waals surface area contributed by atoms with Crippen LogP contribution in [0.25, 0.3) is 22.8 Å². The monoisotopic (exact) mass is 407 g/mol. The first-order valence-corrected chi connectivity index (χ1v) is 7.79. The Bertz CT molecular complexity index is 814. The number of nitrogens with zero attached hydrogens (tertiary/aromatic N) is 2. The molecule has 0 radical (unpaired) electrons. The van der Waals surface area contributed by atoms with Gasteiger partial charge in [-0.25, -0.2) is 0 Å². The molecule has 0 aliphatic carbocycles. The SMILES string of the molecule is Cc1cccc(-c2noc(-c3cc(Br)cc(Br)c3N)n2)c1. The Morgan fingerprint density at radius 1 is 1.14 bits per heavy atom. The van der Waals surface area contributed by atoms with E-state index in [4.69, 9.17) is 10.3 Å². The van der Waals surface area contributed by atoms with Crippen LogP contribution in [-0.2, 0) is 0 Å². The molecular weight excluding hydrogens is 398 g/mol. The summed E-state index contributed by atoms with van der Waals surface area (Å²) >= 11 is 6.84. The Labute approximate surface area is 138 Å². The van der Waals surface area contributed by atoms with E-state index in [1.54, 1.807) is 0 Å². The lowest BCUT2D eigenvalue weighted by atomic mass is 10.1. The molecule has 2 N–H and O–H groups in total. The van der Waals surface area contributed by atoms with Gasteiger partial charge >= 0.3 is 0 Å². The van der Waals surface area contributed by atoms with Gasteiger partial charge in [-0.3, -0.25) is 0 Å². The first-order valence-electron chi connectivity index (χ1n) is 6.20. The van der Waals surface area contributed by atoms with Gasteiger partial charge in [0.25, 0.3) is 5.89 Å². The van der Waals surface area contributed by atoms with Crippen LogP contribution >= 0.6 is 31.9 Å². The summed E-state index contributed by atoms with van der Waals surface area (Å²) in [5, 5.41) is 4.03. The number of hydrogen-bond acceptors (Lipinski definition) is 4. The van der Waals surface area contributed by atoms with E-state index in [0.29, 0.717) is 23.0 Å². The van der Waals surface area contributed by atoms with Gasteiger partial charge in [0, 0.05) is 14.5 Å². The zero-order chi connectivity index (χ0) is 15.0. The molecule has 0 aliphatic rings. The minimum Gasteiger partial charge on any atom is -0.397 e. The van der Waals surface area contributed by atoms with Crippen LogP contribution in [0.1, 0.15) is 5.56 Å². The highest BCUT2D eigenvalue weighted by Crippen LogP contribution is 2.35. The maximum Gasteiger partial charge on any atom is 0.260 e. The van der Waals surface area contributed by atoms with Crippen LogP contribution in [0.5, 0.6) is 0 Å². The number of aryl methyl sites for hydroxylation is 1. The van der Waals surface area contributed by atoms with Gasteiger partial charge in [-0.15, -0.1) is 0 Å². The predicted octanol–water partition coefficient (Wildman–Crippen LogP) is 4.82. The standard InChI is InChI=1S/C15H11Br2N3O/c1-8-3-2-4-9(5-8)14-19-15(21-20-14)11-6-10(16)7-12(17)13(11)18/h2-7H,18H2,1H3. The van der Waals surface area contributed by atoms with Crippen molar-refractivity contribution < 1.29 is 4.52 Å². The summed E-state index contributed by atoms with van der Waals surface area (Å²) in [6, 6.07) is 11.7. The number of hydrogen-bond donors (Lipinski definition) is 1. The van der Waals surface area contributed by atoms with Gasteiger partial charge in [-0.05, 0) is 41.1 Å². The molecule has 0 unspecified atom stereocenters. The zero-order valence-corrected chi connectivity index (χ0v) is 14.3. The molecule has 0 fully saturated rings. The summed E-state index contributed by atoms with van der Waals surface area (Å²) in [4.78, 5) is 4.44. The maximum absolute atomic E-state index is 6.06. The first kappa shape index (κ1) is 14.3. The van der Waals surface area contributed by atoms with Crippen LogP contribution in [0.2, 0.25) is 0 Å². The van der Waals surface area contributed by atoms with E-state index in [0.717, 1.165) is 20.1 Å². The van der Waals surface area contributed by atoms with Crippen molar-refractivity contribution in [2.45, 2.75) is 6.92 Å². The van der Waals surface area contributed by atoms with E-state index in [1.165, 1.54) is 0 Å². The minimum absolute atomic E-state index is 0.394. The van der Waals surface area contributed by atoms with Crippen molar-refractivity contribution >= 4 is 37.5 Å². The molecule has 0 saturated carbocycles. The molecule has 1 heterocycles. The highest BCUT2D eigenvalue weighted by Gasteiger charge is 2.15. The number of nitrogens with two attached hydrogens (primary N) is 1. The summed E-state index contributed by atoms with van der Waals surface area (Å²) < 4.78 is 7.02. The predicted molar refractivity (Wildman–Crippen MR) is 89.7 cm³/mol. The van der Waals surface area contributed by atoms with Gasteiger partial charge in [-0.1, -0.05) is 44.8 Å². The van der Waals surface area contributed by atoms with Crippen molar-refractivity contribution in [2.75, 3.05) is 5.73 Å². The molecule has 0 spiro atoms. The molecule has 2 aromatic carbocycles. The van der Waals surface area contributed by atoms with E-state index >= 15 is 0 Å². The van der Waals surface area contributed by atoms with Crippen LogP contribution in [0, 0.1) is 6.92 Å². The fourth-order valence-corrected chi connectivity index (χ4v) is 3.22. The molecule has 106 valence electrons. The second-order valence-corrected chi connectivity index (χ2v) is 6.41. The van der Waals surface area contributed by atoms with Crippen molar-refractivity contribution in [3.05, 3.63) is 50.9 Å². The highest BCUT2D eigenvalue weighted by atomic mass is 79.9. The van der Waals surface area contributed by atoms with Gasteiger partial charge in [0.15, 0.2) is 0 Å². The van der Waals surface area contributed by atoms with E-state index in [1.807, 2.05) is 43.3 Å². The van der Waals surface area contributed by atoms with E-state index < -0.39 is 0 Å². The normalized spacial score (nSPS) is 10.8. The van der Waals surface area contributed by atoms with Crippen molar-refractivity contribution in [3.63, 3.8) is 0 Å². The van der Waals surface area contributed by atoms with Crippen LogP contribution in [0.3, 0.4) is 0 Å². The highest BCUT2D eigenvalue weighted by molar-refractivity contribution is 9.11. The van der Waals surface area contributed by atoms with Crippen molar-refractivity contribution in [1.29, 1.82) is 0 Å². The summed E-state index contributed by atoms with van der Waals surface area (Å²) in [6.45, 7) is 2.02. The molecule has 3 rings (SSSR count). The third-order valence-corrected chi connectivity index (χ3v) is 4.14. The number of anilines is 1. The molecule has 6 heteroatoms. The van der Waals surface area contributed by atoms with Crippen LogP contribution in [-0.4, -0.2) is 10.1 Å². The second kappa shape index (κ2) is 5.61. The number of halogens is 2. The molecular formula is C15H11Br2N3O. The minimum atomic E-state index is 0.394. The zero-order valence-electron chi connectivity index (χ0n) is 11.1. The lowest BCUT2D eigenvalue weighted by Crippen LogP contribution is -1.92. The first-order chi connectivity index (χ1) is 10.0. The summed E-state index contributed by atoms with van der Waals surface area (Å²) in [7, 11) is 0. The third kappa shape index (κ3) is 2.87. The summed E-state index contributed by atoms with van der Waals surface area (Å²) in [5.74, 6) is 0.940. The molecule has 0 atom stereocenters. The van der Waals surface area contributed by atoms with Crippen LogP contribution < -0.4 is 5.73 Å². The quantitative estimate of drug-likeness (QED) is 0.617. The van der Waals surface area contributed by atoms with Crippen molar-refractivity contribution in [3.8, 4) is 22.8 Å². The van der Waals surface area contributed by atoms with Gasteiger partial charge in [0.1, 0.15) is 0 Å². The molecule has 3 aromatic rings. The second-order valence-electron chi connectivity index (χ2n) is 4.64. The largest absolute Gasteiger partial charge is 0.397 e.